The van der Waals surface area contributed by atoms with Crippen molar-refractivity contribution >= 4 is 0 Å². The standard InChI is InChI=1S/C15H28N4/c1-3-4-5-10-19-12(2)17-18-15(19)11-13-6-8-14(16)9-7-13/h13-14H,3-11,16H2,1-2H3. The minimum absolute atomic E-state index is 0.431. The molecule has 1 fully saturated rings. The van der Waals surface area contributed by atoms with E-state index in [9.17, 15) is 0 Å². The van der Waals surface area contributed by atoms with E-state index in [1.165, 1.54) is 50.8 Å². The van der Waals surface area contributed by atoms with Crippen molar-refractivity contribution in [3.05, 3.63) is 11.6 Å². The predicted octanol–water partition coefficient (Wildman–Crippen LogP) is 2.84. The number of aromatic nitrogens is 3. The van der Waals surface area contributed by atoms with Crippen LogP contribution < -0.4 is 5.73 Å². The van der Waals surface area contributed by atoms with Gasteiger partial charge in [-0.15, -0.1) is 10.2 Å². The van der Waals surface area contributed by atoms with E-state index in [2.05, 4.69) is 28.6 Å². The second kappa shape index (κ2) is 7.04. The minimum Gasteiger partial charge on any atom is -0.328 e. The summed E-state index contributed by atoms with van der Waals surface area (Å²) in [5, 5.41) is 8.65. The highest BCUT2D eigenvalue weighted by atomic mass is 15.3. The van der Waals surface area contributed by atoms with Gasteiger partial charge in [0.15, 0.2) is 0 Å². The maximum Gasteiger partial charge on any atom is 0.133 e. The lowest BCUT2D eigenvalue weighted by atomic mass is 9.84. The molecule has 108 valence electrons. The van der Waals surface area contributed by atoms with Gasteiger partial charge in [-0.2, -0.15) is 0 Å². The van der Waals surface area contributed by atoms with E-state index in [1.807, 2.05) is 0 Å². The SMILES string of the molecule is CCCCCn1c(C)nnc1CC1CCC(N)CC1. The van der Waals surface area contributed by atoms with Crippen molar-refractivity contribution in [1.82, 2.24) is 14.8 Å². The Hall–Kier alpha value is -0.900. The molecule has 0 amide bonds. The van der Waals surface area contributed by atoms with Gasteiger partial charge < -0.3 is 10.3 Å². The van der Waals surface area contributed by atoms with Crippen LogP contribution >= 0.6 is 0 Å². The van der Waals surface area contributed by atoms with Crippen LogP contribution in [0.1, 0.15) is 63.5 Å². The summed E-state index contributed by atoms with van der Waals surface area (Å²) < 4.78 is 2.32. The Bertz CT molecular complexity index is 377. The van der Waals surface area contributed by atoms with E-state index >= 15 is 0 Å². The van der Waals surface area contributed by atoms with Crippen LogP contribution in [0.2, 0.25) is 0 Å². The van der Waals surface area contributed by atoms with Gasteiger partial charge >= 0.3 is 0 Å². The maximum atomic E-state index is 5.97. The smallest absolute Gasteiger partial charge is 0.133 e. The molecule has 4 heteroatoms. The average molecular weight is 264 g/mol. The van der Waals surface area contributed by atoms with Gasteiger partial charge in [0, 0.05) is 19.0 Å². The van der Waals surface area contributed by atoms with Gasteiger partial charge in [-0.3, -0.25) is 0 Å². The largest absolute Gasteiger partial charge is 0.328 e. The quantitative estimate of drug-likeness (QED) is 0.804. The molecule has 0 aromatic carbocycles. The molecule has 1 saturated carbocycles. The van der Waals surface area contributed by atoms with Gasteiger partial charge in [0.05, 0.1) is 0 Å². The van der Waals surface area contributed by atoms with Gasteiger partial charge in [0.25, 0.3) is 0 Å². The number of unbranched alkanes of at least 4 members (excludes halogenated alkanes) is 2. The van der Waals surface area contributed by atoms with Gasteiger partial charge in [-0.1, -0.05) is 19.8 Å². The molecule has 0 aliphatic heterocycles. The van der Waals surface area contributed by atoms with Crippen molar-refractivity contribution in [3.8, 4) is 0 Å². The highest BCUT2D eigenvalue weighted by Gasteiger charge is 2.21. The summed E-state index contributed by atoms with van der Waals surface area (Å²) >= 11 is 0. The first-order chi connectivity index (χ1) is 9.20. The molecule has 2 N–H and O–H groups in total. The zero-order valence-corrected chi connectivity index (χ0v) is 12.4. The molecule has 0 bridgehead atoms. The third-order valence-electron chi connectivity index (χ3n) is 4.36. The van der Waals surface area contributed by atoms with E-state index in [4.69, 9.17) is 5.73 Å². The van der Waals surface area contributed by atoms with Crippen molar-refractivity contribution in [2.45, 2.75) is 77.8 Å². The molecule has 1 aromatic rings. The summed E-state index contributed by atoms with van der Waals surface area (Å²) in [6, 6.07) is 0.431. The number of hydrogen-bond donors (Lipinski definition) is 1. The molecule has 19 heavy (non-hydrogen) atoms. The lowest BCUT2D eigenvalue weighted by Crippen LogP contribution is -2.27. The van der Waals surface area contributed by atoms with Crippen molar-refractivity contribution in [2.24, 2.45) is 11.7 Å². The average Bonchev–Trinajstić information content (AvgIpc) is 2.74. The molecular weight excluding hydrogens is 236 g/mol. The van der Waals surface area contributed by atoms with Gasteiger partial charge in [0.2, 0.25) is 0 Å². The number of hydrogen-bond acceptors (Lipinski definition) is 3. The zero-order valence-electron chi connectivity index (χ0n) is 12.4. The summed E-state index contributed by atoms with van der Waals surface area (Å²) in [4.78, 5) is 0. The lowest BCUT2D eigenvalue weighted by Gasteiger charge is -2.25. The van der Waals surface area contributed by atoms with Crippen LogP contribution in [0.5, 0.6) is 0 Å². The van der Waals surface area contributed by atoms with Gasteiger partial charge in [-0.05, 0) is 44.9 Å². The lowest BCUT2D eigenvalue weighted by molar-refractivity contribution is 0.317. The van der Waals surface area contributed by atoms with Crippen LogP contribution in [0.4, 0.5) is 0 Å². The summed E-state index contributed by atoms with van der Waals surface area (Å²) in [5.74, 6) is 3.01. The van der Waals surface area contributed by atoms with Crippen molar-refractivity contribution in [2.75, 3.05) is 0 Å². The van der Waals surface area contributed by atoms with Crippen LogP contribution in [-0.2, 0) is 13.0 Å². The van der Waals surface area contributed by atoms with Crippen LogP contribution in [-0.4, -0.2) is 20.8 Å². The fraction of sp³-hybridized carbons (Fsp3) is 0.867. The third kappa shape index (κ3) is 4.03. The molecule has 4 nitrogen and oxygen atoms in total. The monoisotopic (exact) mass is 264 g/mol. The predicted molar refractivity (Wildman–Crippen MR) is 77.9 cm³/mol. The molecule has 1 aliphatic carbocycles. The van der Waals surface area contributed by atoms with Crippen LogP contribution in [0.3, 0.4) is 0 Å². The molecule has 0 spiro atoms. The number of nitrogens with two attached hydrogens (primary N) is 1. The van der Waals surface area contributed by atoms with Crippen molar-refractivity contribution in [3.63, 3.8) is 0 Å². The second-order valence-electron chi connectivity index (χ2n) is 6.01. The molecule has 0 atom stereocenters. The first kappa shape index (κ1) is 14.5. The molecule has 1 aliphatic rings. The minimum atomic E-state index is 0.431. The Morgan fingerprint density at radius 3 is 2.58 bits per heavy atom. The Balaban J connectivity index is 1.92. The summed E-state index contributed by atoms with van der Waals surface area (Å²) in [6.45, 7) is 5.39. The number of rotatable bonds is 6. The van der Waals surface area contributed by atoms with E-state index in [-0.39, 0.29) is 0 Å². The van der Waals surface area contributed by atoms with Crippen LogP contribution in [0, 0.1) is 12.8 Å². The molecular formula is C15H28N4. The summed E-state index contributed by atoms with van der Waals surface area (Å²) in [5.41, 5.74) is 5.97. The Morgan fingerprint density at radius 2 is 1.89 bits per heavy atom. The van der Waals surface area contributed by atoms with Crippen molar-refractivity contribution < 1.29 is 0 Å². The van der Waals surface area contributed by atoms with Crippen molar-refractivity contribution in [1.29, 1.82) is 0 Å². The zero-order chi connectivity index (χ0) is 13.7. The van der Waals surface area contributed by atoms with E-state index in [0.717, 1.165) is 24.7 Å². The molecule has 2 rings (SSSR count). The molecule has 0 unspecified atom stereocenters. The second-order valence-corrected chi connectivity index (χ2v) is 6.01. The number of nitrogens with zero attached hydrogens (tertiary/aromatic N) is 3. The first-order valence-electron chi connectivity index (χ1n) is 7.85. The highest BCUT2D eigenvalue weighted by Crippen LogP contribution is 2.26. The summed E-state index contributed by atoms with van der Waals surface area (Å²) in [7, 11) is 0. The van der Waals surface area contributed by atoms with Crippen LogP contribution in [0.25, 0.3) is 0 Å². The molecule has 1 aromatic heterocycles. The topological polar surface area (TPSA) is 56.7 Å². The normalized spacial score (nSPS) is 23.7. The van der Waals surface area contributed by atoms with E-state index < -0.39 is 0 Å². The first-order valence-corrected chi connectivity index (χ1v) is 7.85. The molecule has 0 saturated heterocycles. The maximum absolute atomic E-state index is 5.97. The number of aryl methyl sites for hydroxylation is 1. The third-order valence-corrected chi connectivity index (χ3v) is 4.36. The molecule has 0 radical (unpaired) electrons. The van der Waals surface area contributed by atoms with E-state index in [1.54, 1.807) is 0 Å². The van der Waals surface area contributed by atoms with Crippen LogP contribution in [0.15, 0.2) is 0 Å². The van der Waals surface area contributed by atoms with Gasteiger partial charge in [-0.25, -0.2) is 0 Å². The Labute approximate surface area is 116 Å². The Morgan fingerprint density at radius 1 is 1.16 bits per heavy atom. The van der Waals surface area contributed by atoms with E-state index in [0.29, 0.717) is 6.04 Å². The fourth-order valence-corrected chi connectivity index (χ4v) is 3.04. The summed E-state index contributed by atoms with van der Waals surface area (Å²) in [6.07, 6.45) is 9.72. The Kier molecular flexibility index (Phi) is 5.37. The van der Waals surface area contributed by atoms with Gasteiger partial charge in [0.1, 0.15) is 11.6 Å². The fourth-order valence-electron chi connectivity index (χ4n) is 3.04. The highest BCUT2D eigenvalue weighted by molar-refractivity contribution is 4.96. The molecule has 1 heterocycles.